The highest BCUT2D eigenvalue weighted by Crippen LogP contribution is 2.27. The van der Waals surface area contributed by atoms with Crippen molar-refractivity contribution in [2.45, 2.75) is 71.1 Å². The van der Waals surface area contributed by atoms with E-state index in [-0.39, 0.29) is 35.0 Å². The van der Waals surface area contributed by atoms with E-state index in [1.54, 1.807) is 47.8 Å². The molecule has 9 nitrogen and oxygen atoms in total. The normalized spacial score (nSPS) is 12.8. The maximum absolute atomic E-state index is 14.3. The summed E-state index contributed by atoms with van der Waals surface area (Å²) in [5, 5.41) is 30.8. The van der Waals surface area contributed by atoms with Crippen LogP contribution in [0.15, 0.2) is 30.5 Å². The third-order valence-electron chi connectivity index (χ3n) is 6.03. The van der Waals surface area contributed by atoms with Crippen LogP contribution in [-0.4, -0.2) is 68.9 Å². The zero-order chi connectivity index (χ0) is 29.0. The molecule has 1 amide bonds. The standard InChI is InChI=1S/C27H36ClFN6O3Si/c1-18(16-34-8-7-24(33-34)19-11-22(28)21(15-30)23(29)12-19)35(17-38-9-10-39(4,5)6)26(36)25-13-20(31-32-25)14-27(2,3)37/h7-8,11-13,18,37H,9-10,14,16-17H2,1-6H3,(H,31,32)/t18-/m0/s1. The van der Waals surface area contributed by atoms with Crippen molar-refractivity contribution in [3.05, 3.63) is 58.3 Å². The van der Waals surface area contributed by atoms with E-state index in [0.717, 1.165) is 6.04 Å². The number of carbonyl (C=O) groups excluding carboxylic acids is 1. The number of H-pyrrole nitrogens is 1. The number of hydrogen-bond acceptors (Lipinski definition) is 6. The molecule has 1 aromatic carbocycles. The van der Waals surface area contributed by atoms with Gasteiger partial charge in [-0.25, -0.2) is 4.39 Å². The molecule has 12 heteroatoms. The van der Waals surface area contributed by atoms with Crippen LogP contribution >= 0.6 is 11.6 Å². The number of aromatic nitrogens is 4. The van der Waals surface area contributed by atoms with E-state index < -0.39 is 19.5 Å². The highest BCUT2D eigenvalue weighted by Gasteiger charge is 2.26. The zero-order valence-electron chi connectivity index (χ0n) is 23.3. The number of amides is 1. The topological polar surface area (TPSA) is 120 Å². The summed E-state index contributed by atoms with van der Waals surface area (Å²) in [6.45, 7) is 13.0. The smallest absolute Gasteiger partial charge is 0.276 e. The van der Waals surface area contributed by atoms with Crippen LogP contribution in [0.4, 0.5) is 4.39 Å². The Morgan fingerprint density at radius 1 is 1.36 bits per heavy atom. The predicted octanol–water partition coefficient (Wildman–Crippen LogP) is 5.09. The van der Waals surface area contributed by atoms with Gasteiger partial charge in [-0.05, 0) is 51.1 Å². The van der Waals surface area contributed by atoms with Gasteiger partial charge in [-0.15, -0.1) is 0 Å². The second-order valence-corrected chi connectivity index (χ2v) is 17.6. The van der Waals surface area contributed by atoms with Gasteiger partial charge in [0.05, 0.1) is 28.9 Å². The number of rotatable bonds is 12. The van der Waals surface area contributed by atoms with Crippen LogP contribution in [0.2, 0.25) is 30.7 Å². The summed E-state index contributed by atoms with van der Waals surface area (Å²) >= 11 is 6.06. The first-order valence-corrected chi connectivity index (χ1v) is 16.8. The highest BCUT2D eigenvalue weighted by molar-refractivity contribution is 6.76. The molecule has 2 heterocycles. The van der Waals surface area contributed by atoms with Gasteiger partial charge >= 0.3 is 0 Å². The van der Waals surface area contributed by atoms with Crippen molar-refractivity contribution < 1.29 is 19.0 Å². The number of hydrogen-bond donors (Lipinski definition) is 2. The molecule has 0 saturated carbocycles. The lowest BCUT2D eigenvalue weighted by molar-refractivity contribution is 0.0109. The Morgan fingerprint density at radius 3 is 2.69 bits per heavy atom. The zero-order valence-corrected chi connectivity index (χ0v) is 25.0. The minimum absolute atomic E-state index is 0.0191. The molecule has 0 aliphatic heterocycles. The van der Waals surface area contributed by atoms with Gasteiger partial charge in [0.25, 0.3) is 5.91 Å². The Balaban J connectivity index is 1.78. The molecule has 3 rings (SSSR count). The molecule has 1 atom stereocenters. The van der Waals surface area contributed by atoms with Crippen LogP contribution < -0.4 is 0 Å². The molecule has 0 aliphatic carbocycles. The van der Waals surface area contributed by atoms with E-state index in [1.807, 2.05) is 6.92 Å². The molecule has 0 radical (unpaired) electrons. The largest absolute Gasteiger partial charge is 0.390 e. The molecule has 0 saturated heterocycles. The lowest BCUT2D eigenvalue weighted by atomic mass is 10.0. The van der Waals surface area contributed by atoms with Crippen molar-refractivity contribution in [3.8, 4) is 17.3 Å². The lowest BCUT2D eigenvalue weighted by Gasteiger charge is -2.29. The van der Waals surface area contributed by atoms with Gasteiger partial charge in [-0.1, -0.05) is 31.2 Å². The molecule has 0 fully saturated rings. The van der Waals surface area contributed by atoms with Gasteiger partial charge in [0.15, 0.2) is 0 Å². The van der Waals surface area contributed by atoms with Crippen LogP contribution in [0.1, 0.15) is 42.5 Å². The Morgan fingerprint density at radius 2 is 2.08 bits per heavy atom. The summed E-state index contributed by atoms with van der Waals surface area (Å²) in [6, 6.07) is 8.49. The van der Waals surface area contributed by atoms with Crippen molar-refractivity contribution >= 4 is 25.6 Å². The van der Waals surface area contributed by atoms with Crippen molar-refractivity contribution in [2.24, 2.45) is 0 Å². The van der Waals surface area contributed by atoms with Gasteiger partial charge in [0, 0.05) is 38.6 Å². The average Bonchev–Trinajstić information content (AvgIpc) is 3.46. The van der Waals surface area contributed by atoms with E-state index in [1.165, 1.54) is 12.1 Å². The Labute approximate surface area is 234 Å². The predicted molar refractivity (Wildman–Crippen MR) is 151 cm³/mol. The second-order valence-electron chi connectivity index (χ2n) is 11.6. The van der Waals surface area contributed by atoms with Gasteiger partial charge in [0.1, 0.15) is 29.9 Å². The quantitative estimate of drug-likeness (QED) is 0.176. The number of nitrogens with one attached hydrogen (secondary N) is 1. The molecular weight excluding hydrogens is 539 g/mol. The van der Waals surface area contributed by atoms with E-state index in [0.29, 0.717) is 36.5 Å². The highest BCUT2D eigenvalue weighted by atomic mass is 35.5. The molecule has 3 aromatic rings. The van der Waals surface area contributed by atoms with E-state index in [4.69, 9.17) is 21.6 Å². The minimum atomic E-state index is -1.31. The number of benzene rings is 1. The molecule has 0 bridgehead atoms. The van der Waals surface area contributed by atoms with Crippen molar-refractivity contribution in [1.29, 1.82) is 5.26 Å². The first-order chi connectivity index (χ1) is 18.2. The molecule has 2 aromatic heterocycles. The fourth-order valence-corrected chi connectivity index (χ4v) is 4.92. The fourth-order valence-electron chi connectivity index (χ4n) is 3.92. The van der Waals surface area contributed by atoms with E-state index in [9.17, 15) is 14.3 Å². The summed E-state index contributed by atoms with van der Waals surface area (Å²) < 4.78 is 21.9. The van der Waals surface area contributed by atoms with Crippen molar-refractivity contribution in [2.75, 3.05) is 13.3 Å². The molecule has 0 spiro atoms. The number of carbonyl (C=O) groups is 1. The maximum Gasteiger partial charge on any atom is 0.276 e. The maximum atomic E-state index is 14.3. The monoisotopic (exact) mass is 574 g/mol. The summed E-state index contributed by atoms with van der Waals surface area (Å²) in [5.74, 6) is -1.01. The van der Waals surface area contributed by atoms with Gasteiger partial charge < -0.3 is 14.7 Å². The number of ether oxygens (including phenoxy) is 1. The third kappa shape index (κ3) is 8.73. The van der Waals surface area contributed by atoms with E-state index in [2.05, 4.69) is 34.9 Å². The molecule has 0 unspecified atom stereocenters. The molecule has 39 heavy (non-hydrogen) atoms. The number of aromatic amines is 1. The Hall–Kier alpha value is -3.04. The SMILES string of the molecule is C[C@@H](Cn1ccc(-c2cc(F)c(C#N)c(Cl)c2)n1)N(COCC[Si](C)(C)C)C(=O)c1cc(CC(C)(C)O)[nH]n1. The number of nitriles is 1. The van der Waals surface area contributed by atoms with E-state index >= 15 is 0 Å². The van der Waals surface area contributed by atoms with Gasteiger partial charge in [0.2, 0.25) is 0 Å². The first kappa shape index (κ1) is 30.5. The van der Waals surface area contributed by atoms with Crippen LogP contribution in [0.5, 0.6) is 0 Å². The van der Waals surface area contributed by atoms with Crippen molar-refractivity contribution in [1.82, 2.24) is 24.9 Å². The summed E-state index contributed by atoms with van der Waals surface area (Å²) in [4.78, 5) is 15.1. The lowest BCUT2D eigenvalue weighted by Crippen LogP contribution is -2.43. The Kier molecular flexibility index (Phi) is 9.72. The second kappa shape index (κ2) is 12.4. The third-order valence-corrected chi connectivity index (χ3v) is 8.04. The minimum Gasteiger partial charge on any atom is -0.390 e. The number of aliphatic hydroxyl groups is 1. The van der Waals surface area contributed by atoms with Crippen LogP contribution in [0.3, 0.4) is 0 Å². The van der Waals surface area contributed by atoms with Crippen LogP contribution in [0.25, 0.3) is 11.3 Å². The summed E-state index contributed by atoms with van der Waals surface area (Å²) in [6.07, 6.45) is 2.06. The molecule has 0 aliphatic rings. The summed E-state index contributed by atoms with van der Waals surface area (Å²) in [5.41, 5.74) is 0.670. The number of halogens is 2. The molecular formula is C27H36ClFN6O3Si. The van der Waals surface area contributed by atoms with Crippen molar-refractivity contribution in [3.63, 3.8) is 0 Å². The van der Waals surface area contributed by atoms with Gasteiger partial charge in [-0.2, -0.15) is 15.5 Å². The number of nitrogens with zero attached hydrogens (tertiary/aromatic N) is 5. The van der Waals surface area contributed by atoms with Crippen LogP contribution in [0, 0.1) is 17.1 Å². The van der Waals surface area contributed by atoms with Crippen LogP contribution in [-0.2, 0) is 17.7 Å². The fraction of sp³-hybridized carbons (Fsp3) is 0.481. The first-order valence-electron chi connectivity index (χ1n) is 12.8. The van der Waals surface area contributed by atoms with Gasteiger partial charge in [-0.3, -0.25) is 14.6 Å². The Bertz CT molecular complexity index is 1320. The molecule has 210 valence electrons. The average molecular weight is 575 g/mol. The summed E-state index contributed by atoms with van der Waals surface area (Å²) in [7, 11) is -1.31. The molecule has 2 N–H and O–H groups in total.